The van der Waals surface area contributed by atoms with Crippen LogP contribution in [0.3, 0.4) is 0 Å². The lowest BCUT2D eigenvalue weighted by Crippen LogP contribution is -2.43. The zero-order valence-electron chi connectivity index (χ0n) is 15.2. The van der Waals surface area contributed by atoms with E-state index in [1.54, 1.807) is 6.92 Å². The van der Waals surface area contributed by atoms with Crippen LogP contribution in [0.2, 0.25) is 0 Å². The molecular weight excluding hydrogens is 386 g/mol. The molecule has 0 saturated carbocycles. The van der Waals surface area contributed by atoms with Crippen molar-refractivity contribution in [2.24, 2.45) is 0 Å². The molecule has 0 radical (unpaired) electrons. The van der Waals surface area contributed by atoms with E-state index in [-0.39, 0.29) is 11.5 Å². The summed E-state index contributed by atoms with van der Waals surface area (Å²) in [6.07, 6.45) is 0. The van der Waals surface area contributed by atoms with Crippen LogP contribution in [0.25, 0.3) is 5.57 Å². The van der Waals surface area contributed by atoms with Crippen LogP contribution < -0.4 is 10.1 Å². The Morgan fingerprint density at radius 1 is 1.27 bits per heavy atom. The van der Waals surface area contributed by atoms with Gasteiger partial charge in [-0.25, -0.2) is 4.79 Å². The highest BCUT2D eigenvalue weighted by Gasteiger charge is 2.37. The van der Waals surface area contributed by atoms with E-state index in [4.69, 9.17) is 21.7 Å². The molecule has 0 aliphatic carbocycles. The van der Waals surface area contributed by atoms with Crippen LogP contribution in [0.1, 0.15) is 33.3 Å². The van der Waals surface area contributed by atoms with Crippen LogP contribution in [0, 0.1) is 0 Å². The van der Waals surface area contributed by atoms with Crippen molar-refractivity contribution in [1.29, 1.82) is 0 Å². The van der Waals surface area contributed by atoms with Crippen molar-refractivity contribution in [3.05, 3.63) is 38.3 Å². The highest BCUT2D eigenvalue weighted by atomic mass is 32.2. The van der Waals surface area contributed by atoms with E-state index in [0.29, 0.717) is 18.1 Å². The second kappa shape index (κ2) is 7.66. The maximum absolute atomic E-state index is 12.1. The van der Waals surface area contributed by atoms with Crippen molar-refractivity contribution in [3.8, 4) is 5.75 Å². The van der Waals surface area contributed by atoms with E-state index in [2.05, 4.69) is 19.2 Å². The van der Waals surface area contributed by atoms with Crippen molar-refractivity contribution in [1.82, 2.24) is 0 Å². The molecule has 7 heteroatoms. The number of rotatable bonds is 4. The molecule has 0 aromatic heterocycles. The lowest BCUT2D eigenvalue weighted by Gasteiger charge is -2.37. The minimum atomic E-state index is -0.356. The second-order valence-electron chi connectivity index (χ2n) is 6.30. The van der Waals surface area contributed by atoms with Crippen molar-refractivity contribution in [3.63, 3.8) is 0 Å². The van der Waals surface area contributed by atoms with Crippen LogP contribution in [0.5, 0.6) is 5.75 Å². The van der Waals surface area contributed by atoms with Crippen LogP contribution in [-0.4, -0.2) is 29.6 Å². The van der Waals surface area contributed by atoms with Gasteiger partial charge >= 0.3 is 5.97 Å². The SMILES string of the molecule is CCOC(=O)C1=CS/C(=C2\C(=S)C(C)(C)Nc3ccc(OCC)cc32)S1. The molecule has 0 atom stereocenters. The average Bonchev–Trinajstić information content (AvgIpc) is 3.06. The molecule has 2 heterocycles. The maximum atomic E-state index is 12.1. The number of fused-ring (bicyclic) bond motifs is 1. The van der Waals surface area contributed by atoms with Gasteiger partial charge in [-0.1, -0.05) is 35.7 Å². The standard InChI is InChI=1S/C19H21NO3S3/c1-5-22-11-7-8-13-12(9-11)15(16(24)19(3,4)20-13)18-25-10-14(26-18)17(21)23-6-2/h7-10,20H,5-6H2,1-4H3/b18-15+. The largest absolute Gasteiger partial charge is 0.494 e. The van der Waals surface area contributed by atoms with Gasteiger partial charge in [0.2, 0.25) is 0 Å². The van der Waals surface area contributed by atoms with E-state index in [1.807, 2.05) is 30.5 Å². The molecule has 1 aromatic rings. The average molecular weight is 408 g/mol. The van der Waals surface area contributed by atoms with Crippen molar-refractivity contribution in [2.45, 2.75) is 33.2 Å². The summed E-state index contributed by atoms with van der Waals surface area (Å²) >= 11 is 8.76. The fourth-order valence-corrected chi connectivity index (χ4v) is 5.41. The van der Waals surface area contributed by atoms with Crippen molar-refractivity contribution >= 4 is 57.8 Å². The second-order valence-corrected chi connectivity index (χ2v) is 8.90. The first-order valence-electron chi connectivity index (χ1n) is 8.43. The summed E-state index contributed by atoms with van der Waals surface area (Å²) in [7, 11) is 0. The van der Waals surface area contributed by atoms with Crippen molar-refractivity contribution < 1.29 is 14.3 Å². The van der Waals surface area contributed by atoms with Gasteiger partial charge in [0.25, 0.3) is 0 Å². The van der Waals surface area contributed by atoms with E-state index in [9.17, 15) is 4.79 Å². The van der Waals surface area contributed by atoms with E-state index < -0.39 is 0 Å². The zero-order valence-corrected chi connectivity index (χ0v) is 17.6. The van der Waals surface area contributed by atoms with E-state index in [0.717, 1.165) is 31.7 Å². The summed E-state index contributed by atoms with van der Waals surface area (Å²) < 4.78 is 11.8. The van der Waals surface area contributed by atoms with E-state index in [1.165, 1.54) is 23.5 Å². The molecule has 0 amide bonds. The summed E-state index contributed by atoms with van der Waals surface area (Å²) in [6, 6.07) is 5.99. The Labute approximate surface area is 167 Å². The minimum absolute atomic E-state index is 0.289. The number of carbonyl (C=O) groups is 1. The molecule has 1 aromatic carbocycles. The Morgan fingerprint density at radius 3 is 2.73 bits per heavy atom. The molecule has 4 nitrogen and oxygen atoms in total. The highest BCUT2D eigenvalue weighted by Crippen LogP contribution is 2.51. The Kier molecular flexibility index (Phi) is 5.69. The molecule has 2 aliphatic rings. The van der Waals surface area contributed by atoms with Gasteiger partial charge in [0.1, 0.15) is 10.7 Å². The summed E-state index contributed by atoms with van der Waals surface area (Å²) in [4.78, 5) is 13.5. The first-order valence-corrected chi connectivity index (χ1v) is 10.5. The lowest BCUT2D eigenvalue weighted by atomic mass is 9.85. The predicted molar refractivity (Wildman–Crippen MR) is 115 cm³/mol. The van der Waals surface area contributed by atoms with Gasteiger partial charge in [0, 0.05) is 21.7 Å². The normalized spacial score (nSPS) is 20.9. The van der Waals surface area contributed by atoms with Gasteiger partial charge in [-0.15, -0.1) is 0 Å². The van der Waals surface area contributed by atoms with Gasteiger partial charge in [-0.2, -0.15) is 0 Å². The van der Waals surface area contributed by atoms with Gasteiger partial charge in [-0.05, 0) is 51.3 Å². The van der Waals surface area contributed by atoms with Gasteiger partial charge < -0.3 is 14.8 Å². The number of esters is 1. The number of carbonyl (C=O) groups excluding carboxylic acids is 1. The molecule has 0 saturated heterocycles. The summed E-state index contributed by atoms with van der Waals surface area (Å²) in [5, 5.41) is 5.35. The highest BCUT2D eigenvalue weighted by molar-refractivity contribution is 8.28. The number of thioether (sulfide) groups is 2. The molecule has 1 N–H and O–H groups in total. The first-order chi connectivity index (χ1) is 12.4. The third-order valence-corrected chi connectivity index (χ3v) is 7.04. The topological polar surface area (TPSA) is 47.6 Å². The minimum Gasteiger partial charge on any atom is -0.494 e. The smallest absolute Gasteiger partial charge is 0.345 e. The van der Waals surface area contributed by atoms with Gasteiger partial charge in [0.15, 0.2) is 0 Å². The Bertz CT molecular complexity index is 827. The summed E-state index contributed by atoms with van der Waals surface area (Å²) in [6.45, 7) is 8.87. The lowest BCUT2D eigenvalue weighted by molar-refractivity contribution is -0.137. The van der Waals surface area contributed by atoms with Gasteiger partial charge in [-0.3, -0.25) is 0 Å². The van der Waals surface area contributed by atoms with E-state index >= 15 is 0 Å². The quantitative estimate of drug-likeness (QED) is 0.417. The van der Waals surface area contributed by atoms with Crippen LogP contribution in [0.4, 0.5) is 5.69 Å². The number of benzene rings is 1. The third kappa shape index (κ3) is 3.66. The molecule has 2 aliphatic heterocycles. The molecule has 0 spiro atoms. The van der Waals surface area contributed by atoms with Crippen LogP contribution >= 0.6 is 35.7 Å². The number of anilines is 1. The summed E-state index contributed by atoms with van der Waals surface area (Å²) in [5.41, 5.74) is 2.66. The Hall–Kier alpha value is -1.44. The fraction of sp³-hybridized carbons (Fsp3) is 0.368. The number of hydrogen-bond acceptors (Lipinski definition) is 7. The number of hydrogen-bond donors (Lipinski definition) is 1. The molecule has 0 unspecified atom stereocenters. The fourth-order valence-electron chi connectivity index (χ4n) is 2.78. The molecule has 0 bridgehead atoms. The zero-order chi connectivity index (χ0) is 18.9. The number of nitrogens with one attached hydrogen (secondary N) is 1. The maximum Gasteiger partial charge on any atom is 0.345 e. The first kappa shape index (κ1) is 19.3. The molecule has 138 valence electrons. The van der Waals surface area contributed by atoms with Crippen LogP contribution in [-0.2, 0) is 9.53 Å². The number of ether oxygens (including phenoxy) is 2. The summed E-state index contributed by atoms with van der Waals surface area (Å²) in [5.74, 6) is 0.517. The predicted octanol–water partition coefficient (Wildman–Crippen LogP) is 5.21. The van der Waals surface area contributed by atoms with Gasteiger partial charge in [0.05, 0.1) is 23.0 Å². The Morgan fingerprint density at radius 2 is 2.04 bits per heavy atom. The molecule has 26 heavy (non-hydrogen) atoms. The Balaban J connectivity index is 2.05. The van der Waals surface area contributed by atoms with Crippen LogP contribution in [0.15, 0.2) is 32.7 Å². The van der Waals surface area contributed by atoms with Crippen molar-refractivity contribution in [2.75, 3.05) is 18.5 Å². The molecule has 3 rings (SSSR count). The third-order valence-electron chi connectivity index (χ3n) is 3.97. The monoisotopic (exact) mass is 407 g/mol. The molecule has 0 fully saturated rings. The number of thiocarbonyl (C=S) groups is 1. The molecular formula is C19H21NO3S3.